The van der Waals surface area contributed by atoms with Gasteiger partial charge in [0, 0.05) is 6.54 Å². The number of hydrogen-bond acceptors (Lipinski definition) is 2. The number of nitrogens with one attached hydrogen (secondary N) is 1. The SMILES string of the molecule is CC(C)CCNc1ccccc1O. The molecule has 0 saturated heterocycles. The van der Waals surface area contributed by atoms with Crippen LogP contribution in [0.5, 0.6) is 5.75 Å². The maximum Gasteiger partial charge on any atom is 0.138 e. The van der Waals surface area contributed by atoms with Crippen LogP contribution in [0, 0.1) is 5.92 Å². The number of anilines is 1. The first-order valence-electron chi connectivity index (χ1n) is 4.72. The molecule has 0 unspecified atom stereocenters. The van der Waals surface area contributed by atoms with Gasteiger partial charge < -0.3 is 10.4 Å². The van der Waals surface area contributed by atoms with Gasteiger partial charge in [0.25, 0.3) is 0 Å². The number of phenols is 1. The highest BCUT2D eigenvalue weighted by Crippen LogP contribution is 2.21. The van der Waals surface area contributed by atoms with Crippen LogP contribution in [0.1, 0.15) is 20.3 Å². The van der Waals surface area contributed by atoms with E-state index < -0.39 is 0 Å². The highest BCUT2D eigenvalue weighted by Gasteiger charge is 1.98. The van der Waals surface area contributed by atoms with E-state index in [4.69, 9.17) is 0 Å². The van der Waals surface area contributed by atoms with Gasteiger partial charge in [0.1, 0.15) is 5.75 Å². The lowest BCUT2D eigenvalue weighted by Gasteiger charge is -2.09. The third-order valence-corrected chi connectivity index (χ3v) is 1.94. The molecular formula is C11H17NO. The third-order valence-electron chi connectivity index (χ3n) is 1.94. The van der Waals surface area contributed by atoms with Gasteiger partial charge in [0.05, 0.1) is 5.69 Å². The maximum absolute atomic E-state index is 9.41. The minimum atomic E-state index is 0.325. The van der Waals surface area contributed by atoms with Crippen molar-refractivity contribution in [2.24, 2.45) is 5.92 Å². The summed E-state index contributed by atoms with van der Waals surface area (Å²) in [7, 11) is 0. The van der Waals surface area contributed by atoms with Crippen LogP contribution in [0.3, 0.4) is 0 Å². The normalized spacial score (nSPS) is 10.4. The lowest BCUT2D eigenvalue weighted by atomic mass is 10.1. The molecule has 0 bridgehead atoms. The zero-order chi connectivity index (χ0) is 9.68. The van der Waals surface area contributed by atoms with E-state index >= 15 is 0 Å². The van der Waals surface area contributed by atoms with E-state index in [1.807, 2.05) is 18.2 Å². The maximum atomic E-state index is 9.41. The minimum absolute atomic E-state index is 0.325. The second kappa shape index (κ2) is 4.75. The Labute approximate surface area is 79.6 Å². The average molecular weight is 179 g/mol. The Morgan fingerprint density at radius 2 is 2.00 bits per heavy atom. The molecule has 0 atom stereocenters. The standard InChI is InChI=1S/C11H17NO/c1-9(2)7-8-12-10-5-3-4-6-11(10)13/h3-6,9,12-13H,7-8H2,1-2H3. The largest absolute Gasteiger partial charge is 0.506 e. The number of rotatable bonds is 4. The van der Waals surface area contributed by atoms with Crippen molar-refractivity contribution in [2.45, 2.75) is 20.3 Å². The number of phenolic OH excluding ortho intramolecular Hbond substituents is 1. The highest BCUT2D eigenvalue weighted by atomic mass is 16.3. The molecule has 0 fully saturated rings. The molecule has 13 heavy (non-hydrogen) atoms. The van der Waals surface area contributed by atoms with Crippen LogP contribution < -0.4 is 5.32 Å². The van der Waals surface area contributed by atoms with Gasteiger partial charge in [-0.3, -0.25) is 0 Å². The first kappa shape index (κ1) is 9.90. The fraction of sp³-hybridized carbons (Fsp3) is 0.455. The summed E-state index contributed by atoms with van der Waals surface area (Å²) in [5.74, 6) is 1.02. The van der Waals surface area contributed by atoms with Crippen LogP contribution in [0.2, 0.25) is 0 Å². The van der Waals surface area contributed by atoms with E-state index in [1.54, 1.807) is 6.07 Å². The van der Waals surface area contributed by atoms with Gasteiger partial charge in [-0.05, 0) is 24.5 Å². The van der Waals surface area contributed by atoms with Gasteiger partial charge in [-0.1, -0.05) is 26.0 Å². The molecule has 0 heterocycles. The van der Waals surface area contributed by atoms with E-state index in [9.17, 15) is 5.11 Å². The molecule has 1 aromatic rings. The molecule has 1 rings (SSSR count). The Morgan fingerprint density at radius 3 is 2.62 bits per heavy atom. The van der Waals surface area contributed by atoms with Crippen LogP contribution in [-0.2, 0) is 0 Å². The van der Waals surface area contributed by atoms with Crippen molar-refractivity contribution in [2.75, 3.05) is 11.9 Å². The minimum Gasteiger partial charge on any atom is -0.506 e. The Hall–Kier alpha value is -1.18. The predicted octanol–water partition coefficient (Wildman–Crippen LogP) is 2.85. The zero-order valence-corrected chi connectivity index (χ0v) is 8.25. The second-order valence-corrected chi connectivity index (χ2v) is 3.63. The first-order valence-corrected chi connectivity index (χ1v) is 4.72. The molecular weight excluding hydrogens is 162 g/mol. The summed E-state index contributed by atoms with van der Waals surface area (Å²) in [4.78, 5) is 0. The lowest BCUT2D eigenvalue weighted by Crippen LogP contribution is -2.04. The summed E-state index contributed by atoms with van der Waals surface area (Å²) in [6.45, 7) is 5.29. The van der Waals surface area contributed by atoms with E-state index in [0.717, 1.165) is 18.7 Å². The van der Waals surface area contributed by atoms with E-state index in [-0.39, 0.29) is 0 Å². The van der Waals surface area contributed by atoms with Crippen LogP contribution in [0.25, 0.3) is 0 Å². The van der Waals surface area contributed by atoms with Crippen molar-refractivity contribution in [3.63, 3.8) is 0 Å². The fourth-order valence-electron chi connectivity index (χ4n) is 1.12. The van der Waals surface area contributed by atoms with Gasteiger partial charge in [-0.15, -0.1) is 0 Å². The van der Waals surface area contributed by atoms with E-state index in [0.29, 0.717) is 11.7 Å². The third kappa shape index (κ3) is 3.36. The molecule has 0 spiro atoms. The van der Waals surface area contributed by atoms with Crippen LogP contribution >= 0.6 is 0 Å². The Bertz CT molecular complexity index is 258. The van der Waals surface area contributed by atoms with Gasteiger partial charge in [0.15, 0.2) is 0 Å². The summed E-state index contributed by atoms with van der Waals surface area (Å²) in [5, 5.41) is 12.6. The molecule has 2 N–H and O–H groups in total. The molecule has 0 saturated carbocycles. The van der Waals surface area contributed by atoms with Gasteiger partial charge in [-0.25, -0.2) is 0 Å². The van der Waals surface area contributed by atoms with E-state index in [1.165, 1.54) is 0 Å². The number of aromatic hydroxyl groups is 1. The van der Waals surface area contributed by atoms with E-state index in [2.05, 4.69) is 19.2 Å². The van der Waals surface area contributed by atoms with Crippen molar-refractivity contribution in [1.29, 1.82) is 0 Å². The number of benzene rings is 1. The molecule has 0 radical (unpaired) electrons. The molecule has 0 aliphatic carbocycles. The Balaban J connectivity index is 2.41. The van der Waals surface area contributed by atoms with Crippen LogP contribution in [-0.4, -0.2) is 11.7 Å². The summed E-state index contributed by atoms with van der Waals surface area (Å²) >= 11 is 0. The predicted molar refractivity (Wildman–Crippen MR) is 56.1 cm³/mol. The molecule has 0 aliphatic rings. The summed E-state index contributed by atoms with van der Waals surface area (Å²) in [6.07, 6.45) is 1.12. The van der Waals surface area contributed by atoms with Crippen LogP contribution in [0.4, 0.5) is 5.69 Å². The Kier molecular flexibility index (Phi) is 3.62. The molecule has 0 aromatic heterocycles. The molecule has 0 aliphatic heterocycles. The quantitative estimate of drug-likeness (QED) is 0.696. The number of hydrogen-bond donors (Lipinski definition) is 2. The summed E-state index contributed by atoms with van der Waals surface area (Å²) < 4.78 is 0. The zero-order valence-electron chi connectivity index (χ0n) is 8.25. The molecule has 2 nitrogen and oxygen atoms in total. The second-order valence-electron chi connectivity index (χ2n) is 3.63. The van der Waals surface area contributed by atoms with Gasteiger partial charge in [0.2, 0.25) is 0 Å². The fourth-order valence-corrected chi connectivity index (χ4v) is 1.12. The highest BCUT2D eigenvalue weighted by molar-refractivity contribution is 5.54. The molecule has 1 aromatic carbocycles. The molecule has 2 heteroatoms. The topological polar surface area (TPSA) is 32.3 Å². The van der Waals surface area contributed by atoms with Crippen molar-refractivity contribution in [3.8, 4) is 5.75 Å². The van der Waals surface area contributed by atoms with Crippen LogP contribution in [0.15, 0.2) is 24.3 Å². The summed E-state index contributed by atoms with van der Waals surface area (Å²) in [5.41, 5.74) is 0.822. The molecule has 0 amide bonds. The van der Waals surface area contributed by atoms with Crippen molar-refractivity contribution < 1.29 is 5.11 Å². The van der Waals surface area contributed by atoms with Gasteiger partial charge in [-0.2, -0.15) is 0 Å². The van der Waals surface area contributed by atoms with Crippen molar-refractivity contribution in [1.82, 2.24) is 0 Å². The van der Waals surface area contributed by atoms with Crippen molar-refractivity contribution in [3.05, 3.63) is 24.3 Å². The number of para-hydroxylation sites is 2. The average Bonchev–Trinajstić information content (AvgIpc) is 2.08. The molecule has 72 valence electrons. The smallest absolute Gasteiger partial charge is 0.138 e. The van der Waals surface area contributed by atoms with Crippen molar-refractivity contribution >= 4 is 5.69 Å². The monoisotopic (exact) mass is 179 g/mol. The van der Waals surface area contributed by atoms with Gasteiger partial charge >= 0.3 is 0 Å². The Morgan fingerprint density at radius 1 is 1.31 bits per heavy atom. The summed E-state index contributed by atoms with van der Waals surface area (Å²) in [6, 6.07) is 7.31. The first-order chi connectivity index (χ1) is 6.20. The lowest BCUT2D eigenvalue weighted by molar-refractivity contribution is 0.476.